The summed E-state index contributed by atoms with van der Waals surface area (Å²) >= 11 is 0. The second-order valence-corrected chi connectivity index (χ2v) is 5.19. The Labute approximate surface area is 130 Å². The molecule has 4 nitrogen and oxygen atoms in total. The Kier molecular flexibility index (Phi) is 4.93. The van der Waals surface area contributed by atoms with E-state index in [0.29, 0.717) is 29.2 Å². The lowest BCUT2D eigenvalue weighted by Gasteiger charge is -2.21. The summed E-state index contributed by atoms with van der Waals surface area (Å²) in [6, 6.07) is 7.80. The lowest BCUT2D eigenvalue weighted by atomic mass is 9.96. The highest BCUT2D eigenvalue weighted by atomic mass is 16.5. The highest BCUT2D eigenvalue weighted by Gasteiger charge is 2.23. The van der Waals surface area contributed by atoms with Crippen LogP contribution < -0.4 is 14.2 Å². The number of hydrogen-bond acceptors (Lipinski definition) is 4. The third-order valence-electron chi connectivity index (χ3n) is 3.75. The predicted octanol–water partition coefficient (Wildman–Crippen LogP) is 3.35. The average molecular weight is 302 g/mol. The van der Waals surface area contributed by atoms with Crippen molar-refractivity contribution in [2.75, 3.05) is 21.3 Å². The lowest BCUT2D eigenvalue weighted by Crippen LogP contribution is -2.13. The Hall–Kier alpha value is -2.20. The van der Waals surface area contributed by atoms with Crippen molar-refractivity contribution < 1.29 is 19.3 Å². The van der Waals surface area contributed by atoms with Gasteiger partial charge >= 0.3 is 0 Å². The van der Waals surface area contributed by atoms with Gasteiger partial charge in [0, 0.05) is 22.8 Å². The zero-order valence-corrected chi connectivity index (χ0v) is 13.5. The number of methoxy groups -OCH3 is 3. The third-order valence-corrected chi connectivity index (χ3v) is 3.75. The molecular weight excluding hydrogens is 280 g/mol. The first-order chi connectivity index (χ1) is 10.5. The summed E-state index contributed by atoms with van der Waals surface area (Å²) in [5.74, 6) is 1.91. The minimum atomic E-state index is -0.673. The van der Waals surface area contributed by atoms with Crippen molar-refractivity contribution in [2.24, 2.45) is 0 Å². The van der Waals surface area contributed by atoms with Crippen molar-refractivity contribution in [1.82, 2.24) is 0 Å². The smallest absolute Gasteiger partial charge is 0.169 e. The molecule has 0 radical (unpaired) electrons. The molecule has 2 rings (SSSR count). The van der Waals surface area contributed by atoms with Crippen molar-refractivity contribution in [1.29, 1.82) is 0 Å². The fourth-order valence-electron chi connectivity index (χ4n) is 2.61. The van der Waals surface area contributed by atoms with Gasteiger partial charge in [-0.3, -0.25) is 0 Å². The molecule has 1 N–H and O–H groups in total. The Bertz CT molecular complexity index is 691. The molecule has 0 amide bonds. The largest absolute Gasteiger partial charge is 0.496 e. The zero-order valence-electron chi connectivity index (χ0n) is 13.5. The van der Waals surface area contributed by atoms with E-state index in [9.17, 15) is 5.11 Å². The summed E-state index contributed by atoms with van der Waals surface area (Å²) in [6.07, 6.45) is -0.322. The molecule has 0 aliphatic rings. The molecule has 118 valence electrons. The van der Waals surface area contributed by atoms with Gasteiger partial charge in [-0.05, 0) is 6.92 Å². The zero-order chi connectivity index (χ0) is 16.3. The van der Waals surface area contributed by atoms with Crippen LogP contribution in [0.1, 0.15) is 12.5 Å². The summed E-state index contributed by atoms with van der Waals surface area (Å²) in [7, 11) is 4.81. The number of aliphatic hydroxyl groups excluding tert-OH is 1. The van der Waals surface area contributed by atoms with Gasteiger partial charge in [0.15, 0.2) is 11.5 Å². The van der Waals surface area contributed by atoms with Crippen LogP contribution in [0.2, 0.25) is 0 Å². The van der Waals surface area contributed by atoms with Crippen LogP contribution in [-0.2, 0) is 6.42 Å². The predicted molar refractivity (Wildman–Crippen MR) is 88.1 cm³/mol. The monoisotopic (exact) mass is 302 g/mol. The van der Waals surface area contributed by atoms with Gasteiger partial charge in [-0.1, -0.05) is 36.4 Å². The van der Waals surface area contributed by atoms with Gasteiger partial charge in [-0.25, -0.2) is 0 Å². The summed E-state index contributed by atoms with van der Waals surface area (Å²) in [5.41, 5.74) is 1.47. The molecule has 0 fully saturated rings. The minimum absolute atomic E-state index is 0.350. The van der Waals surface area contributed by atoms with E-state index in [4.69, 9.17) is 14.2 Å². The molecule has 2 aromatic rings. The van der Waals surface area contributed by atoms with Crippen LogP contribution in [-0.4, -0.2) is 32.5 Å². The molecule has 0 aliphatic heterocycles. The van der Waals surface area contributed by atoms with Crippen LogP contribution in [0.3, 0.4) is 0 Å². The van der Waals surface area contributed by atoms with Gasteiger partial charge in [0.1, 0.15) is 5.75 Å². The first-order valence-corrected chi connectivity index (χ1v) is 7.08. The molecule has 0 saturated heterocycles. The standard InChI is InChI=1S/C18H22O4/c1-11(2)15(19)10-14-16(20-3)12-8-6-7-9-13(12)17(21-4)18(14)22-5/h6-9,15,19H,1,10H2,2-5H3. The van der Waals surface area contributed by atoms with E-state index in [2.05, 4.69) is 6.58 Å². The lowest BCUT2D eigenvalue weighted by molar-refractivity contribution is 0.208. The molecule has 1 atom stereocenters. The van der Waals surface area contributed by atoms with Crippen molar-refractivity contribution in [3.63, 3.8) is 0 Å². The molecule has 0 bridgehead atoms. The van der Waals surface area contributed by atoms with E-state index in [1.165, 1.54) is 0 Å². The van der Waals surface area contributed by atoms with Gasteiger partial charge < -0.3 is 19.3 Å². The number of hydrogen-bond donors (Lipinski definition) is 1. The molecule has 0 saturated carbocycles. The Morgan fingerprint density at radius 3 is 1.95 bits per heavy atom. The average Bonchev–Trinajstić information content (AvgIpc) is 2.53. The third kappa shape index (κ3) is 2.74. The van der Waals surface area contributed by atoms with E-state index in [1.54, 1.807) is 28.3 Å². The van der Waals surface area contributed by atoms with Gasteiger partial charge in [0.05, 0.1) is 27.4 Å². The number of ether oxygens (including phenoxy) is 3. The van der Waals surface area contributed by atoms with Gasteiger partial charge in [0.2, 0.25) is 0 Å². The van der Waals surface area contributed by atoms with E-state index >= 15 is 0 Å². The molecule has 4 heteroatoms. The highest BCUT2D eigenvalue weighted by molar-refractivity contribution is 5.97. The van der Waals surface area contributed by atoms with E-state index in [-0.39, 0.29) is 0 Å². The number of aliphatic hydroxyl groups is 1. The van der Waals surface area contributed by atoms with Crippen LogP contribution in [0.4, 0.5) is 0 Å². The Balaban J connectivity index is 2.79. The Morgan fingerprint density at radius 2 is 1.50 bits per heavy atom. The first kappa shape index (κ1) is 16.2. The molecule has 0 aromatic heterocycles. The number of rotatable bonds is 6. The van der Waals surface area contributed by atoms with Gasteiger partial charge in [0.25, 0.3) is 0 Å². The fourth-order valence-corrected chi connectivity index (χ4v) is 2.61. The van der Waals surface area contributed by atoms with Gasteiger partial charge in [-0.2, -0.15) is 0 Å². The normalized spacial score (nSPS) is 12.0. The summed E-state index contributed by atoms with van der Waals surface area (Å²) in [4.78, 5) is 0. The van der Waals surface area contributed by atoms with E-state index in [1.807, 2.05) is 24.3 Å². The van der Waals surface area contributed by atoms with Crippen LogP contribution in [0, 0.1) is 0 Å². The number of fused-ring (bicyclic) bond motifs is 1. The summed E-state index contributed by atoms with van der Waals surface area (Å²) < 4.78 is 16.7. The molecule has 0 heterocycles. The van der Waals surface area contributed by atoms with Crippen LogP contribution in [0.15, 0.2) is 36.4 Å². The summed E-state index contributed by atoms with van der Waals surface area (Å²) in [6.45, 7) is 5.60. The topological polar surface area (TPSA) is 47.9 Å². The van der Waals surface area contributed by atoms with Crippen molar-refractivity contribution in [2.45, 2.75) is 19.4 Å². The second kappa shape index (κ2) is 6.71. The minimum Gasteiger partial charge on any atom is -0.496 e. The molecule has 0 spiro atoms. The number of benzene rings is 2. The Morgan fingerprint density at radius 1 is 1.00 bits per heavy atom. The maximum absolute atomic E-state index is 10.2. The fraction of sp³-hybridized carbons (Fsp3) is 0.333. The van der Waals surface area contributed by atoms with Crippen LogP contribution in [0.25, 0.3) is 10.8 Å². The molecule has 0 aliphatic carbocycles. The molecule has 1 unspecified atom stereocenters. The quantitative estimate of drug-likeness (QED) is 0.831. The highest BCUT2D eigenvalue weighted by Crippen LogP contribution is 2.46. The van der Waals surface area contributed by atoms with Crippen molar-refractivity contribution in [3.05, 3.63) is 42.0 Å². The van der Waals surface area contributed by atoms with Crippen molar-refractivity contribution in [3.8, 4) is 17.2 Å². The molecular formula is C18H22O4. The van der Waals surface area contributed by atoms with Crippen LogP contribution in [0.5, 0.6) is 17.2 Å². The SMILES string of the molecule is C=C(C)C(O)Cc1c(OC)c(OC)c2ccccc2c1OC. The summed E-state index contributed by atoms with van der Waals surface area (Å²) in [5, 5.41) is 12.0. The maximum atomic E-state index is 10.2. The van der Waals surface area contributed by atoms with E-state index in [0.717, 1.165) is 16.3 Å². The van der Waals surface area contributed by atoms with E-state index < -0.39 is 6.10 Å². The molecule has 22 heavy (non-hydrogen) atoms. The van der Waals surface area contributed by atoms with Gasteiger partial charge in [-0.15, -0.1) is 0 Å². The first-order valence-electron chi connectivity index (χ1n) is 7.08. The van der Waals surface area contributed by atoms with Crippen LogP contribution >= 0.6 is 0 Å². The molecule has 2 aromatic carbocycles. The maximum Gasteiger partial charge on any atom is 0.169 e. The second-order valence-electron chi connectivity index (χ2n) is 5.19. The van der Waals surface area contributed by atoms with Crippen molar-refractivity contribution >= 4 is 10.8 Å².